The Morgan fingerprint density at radius 1 is 1.43 bits per heavy atom. The molecule has 1 aliphatic carbocycles. The van der Waals surface area contributed by atoms with Crippen molar-refractivity contribution in [1.29, 1.82) is 0 Å². The molecule has 1 N–H and O–H groups in total. The van der Waals surface area contributed by atoms with Crippen LogP contribution in [0.1, 0.15) is 19.3 Å². The number of halogens is 1. The zero-order valence-corrected chi connectivity index (χ0v) is 9.80. The number of anilines is 1. The maximum absolute atomic E-state index is 5.30. The molecule has 1 fully saturated rings. The SMILES string of the molecule is COc1cc(Br)ccc1NC1CCC1. The van der Waals surface area contributed by atoms with Crippen molar-refractivity contribution in [3.05, 3.63) is 22.7 Å². The van der Waals surface area contributed by atoms with Crippen LogP contribution in [-0.4, -0.2) is 13.2 Å². The van der Waals surface area contributed by atoms with Crippen LogP contribution < -0.4 is 10.1 Å². The first-order valence-electron chi connectivity index (χ1n) is 4.89. The lowest BCUT2D eigenvalue weighted by Gasteiger charge is -2.28. The van der Waals surface area contributed by atoms with E-state index in [0.29, 0.717) is 6.04 Å². The number of nitrogens with one attached hydrogen (secondary N) is 1. The number of hydrogen-bond acceptors (Lipinski definition) is 2. The standard InChI is InChI=1S/C11H14BrNO/c1-14-11-7-8(12)5-6-10(11)13-9-3-2-4-9/h5-7,9,13H,2-4H2,1H3. The second-order valence-corrected chi connectivity index (χ2v) is 4.53. The molecule has 2 nitrogen and oxygen atoms in total. The minimum absolute atomic E-state index is 0.644. The number of hydrogen-bond donors (Lipinski definition) is 1. The van der Waals surface area contributed by atoms with Crippen molar-refractivity contribution < 1.29 is 4.74 Å². The minimum Gasteiger partial charge on any atom is -0.495 e. The van der Waals surface area contributed by atoms with Crippen molar-refractivity contribution in [3.63, 3.8) is 0 Å². The van der Waals surface area contributed by atoms with Gasteiger partial charge in [-0.1, -0.05) is 15.9 Å². The van der Waals surface area contributed by atoms with Gasteiger partial charge < -0.3 is 10.1 Å². The topological polar surface area (TPSA) is 21.3 Å². The van der Waals surface area contributed by atoms with Gasteiger partial charge in [-0.05, 0) is 37.5 Å². The largest absolute Gasteiger partial charge is 0.495 e. The highest BCUT2D eigenvalue weighted by molar-refractivity contribution is 9.10. The average Bonchev–Trinajstić information content (AvgIpc) is 2.13. The van der Waals surface area contributed by atoms with E-state index in [9.17, 15) is 0 Å². The Hall–Kier alpha value is -0.700. The summed E-state index contributed by atoms with van der Waals surface area (Å²) in [7, 11) is 1.70. The van der Waals surface area contributed by atoms with Gasteiger partial charge in [0.25, 0.3) is 0 Å². The van der Waals surface area contributed by atoms with Gasteiger partial charge in [-0.15, -0.1) is 0 Å². The van der Waals surface area contributed by atoms with Gasteiger partial charge >= 0.3 is 0 Å². The van der Waals surface area contributed by atoms with E-state index in [4.69, 9.17) is 4.74 Å². The fourth-order valence-corrected chi connectivity index (χ4v) is 1.90. The maximum atomic E-state index is 5.30. The lowest BCUT2D eigenvalue weighted by Crippen LogP contribution is -2.27. The maximum Gasteiger partial charge on any atom is 0.143 e. The molecule has 1 aromatic rings. The first kappa shape index (κ1) is 9.84. The smallest absolute Gasteiger partial charge is 0.143 e. The first-order valence-corrected chi connectivity index (χ1v) is 5.69. The summed E-state index contributed by atoms with van der Waals surface area (Å²) < 4.78 is 6.35. The minimum atomic E-state index is 0.644. The highest BCUT2D eigenvalue weighted by Gasteiger charge is 2.18. The molecular formula is C11H14BrNO. The third-order valence-electron chi connectivity index (χ3n) is 2.63. The van der Waals surface area contributed by atoms with Gasteiger partial charge in [0, 0.05) is 10.5 Å². The second kappa shape index (κ2) is 4.22. The molecule has 0 aliphatic heterocycles. The molecule has 3 heteroatoms. The predicted molar refractivity (Wildman–Crippen MR) is 62.0 cm³/mol. The Bertz CT molecular complexity index is 323. The molecular weight excluding hydrogens is 242 g/mol. The van der Waals surface area contributed by atoms with Gasteiger partial charge in [0.05, 0.1) is 12.8 Å². The summed E-state index contributed by atoms with van der Waals surface area (Å²) in [6, 6.07) is 6.72. The predicted octanol–water partition coefficient (Wildman–Crippen LogP) is 3.42. The molecule has 1 saturated carbocycles. The molecule has 1 aromatic carbocycles. The molecule has 0 heterocycles. The molecule has 0 unspecified atom stereocenters. The molecule has 0 bridgehead atoms. The van der Waals surface area contributed by atoms with Gasteiger partial charge in [-0.3, -0.25) is 0 Å². The van der Waals surface area contributed by atoms with Crippen LogP contribution in [0.25, 0.3) is 0 Å². The van der Waals surface area contributed by atoms with Crippen LogP contribution in [0.15, 0.2) is 22.7 Å². The van der Waals surface area contributed by atoms with E-state index in [1.165, 1.54) is 19.3 Å². The lowest BCUT2D eigenvalue weighted by molar-refractivity contribution is 0.409. The van der Waals surface area contributed by atoms with E-state index in [1.807, 2.05) is 12.1 Å². The third kappa shape index (κ3) is 2.03. The van der Waals surface area contributed by atoms with E-state index in [0.717, 1.165) is 15.9 Å². The van der Waals surface area contributed by atoms with Crippen LogP contribution in [0, 0.1) is 0 Å². The van der Waals surface area contributed by atoms with E-state index in [1.54, 1.807) is 7.11 Å². The molecule has 14 heavy (non-hydrogen) atoms. The summed E-state index contributed by atoms with van der Waals surface area (Å²) in [6.07, 6.45) is 3.90. The Morgan fingerprint density at radius 3 is 2.79 bits per heavy atom. The summed E-state index contributed by atoms with van der Waals surface area (Å²) in [6.45, 7) is 0. The summed E-state index contributed by atoms with van der Waals surface area (Å²) >= 11 is 3.43. The summed E-state index contributed by atoms with van der Waals surface area (Å²) in [5, 5.41) is 3.48. The van der Waals surface area contributed by atoms with Crippen LogP contribution >= 0.6 is 15.9 Å². The molecule has 0 saturated heterocycles. The van der Waals surface area contributed by atoms with Crippen molar-refractivity contribution in [2.45, 2.75) is 25.3 Å². The fraction of sp³-hybridized carbons (Fsp3) is 0.455. The van der Waals surface area contributed by atoms with Crippen molar-refractivity contribution in [2.75, 3.05) is 12.4 Å². The molecule has 0 aromatic heterocycles. The number of ether oxygens (including phenoxy) is 1. The van der Waals surface area contributed by atoms with Gasteiger partial charge in [0.2, 0.25) is 0 Å². The molecule has 0 radical (unpaired) electrons. The number of benzene rings is 1. The monoisotopic (exact) mass is 255 g/mol. The molecule has 0 atom stereocenters. The second-order valence-electron chi connectivity index (χ2n) is 3.62. The van der Waals surface area contributed by atoms with E-state index in [-0.39, 0.29) is 0 Å². The van der Waals surface area contributed by atoms with Crippen molar-refractivity contribution in [1.82, 2.24) is 0 Å². The van der Waals surface area contributed by atoms with Crippen molar-refractivity contribution >= 4 is 21.6 Å². The zero-order chi connectivity index (χ0) is 9.97. The molecule has 0 amide bonds. The highest BCUT2D eigenvalue weighted by atomic mass is 79.9. The number of methoxy groups -OCH3 is 1. The van der Waals surface area contributed by atoms with Crippen LogP contribution in [0.4, 0.5) is 5.69 Å². The van der Waals surface area contributed by atoms with Gasteiger partial charge in [-0.2, -0.15) is 0 Å². The van der Waals surface area contributed by atoms with Gasteiger partial charge in [0.1, 0.15) is 5.75 Å². The van der Waals surface area contributed by atoms with Crippen molar-refractivity contribution in [3.8, 4) is 5.75 Å². The third-order valence-corrected chi connectivity index (χ3v) is 3.12. The summed E-state index contributed by atoms with van der Waals surface area (Å²) in [4.78, 5) is 0. The Balaban J connectivity index is 2.14. The molecule has 76 valence electrons. The van der Waals surface area contributed by atoms with E-state index >= 15 is 0 Å². The van der Waals surface area contributed by atoms with Crippen LogP contribution in [0.5, 0.6) is 5.75 Å². The van der Waals surface area contributed by atoms with Crippen LogP contribution in [0.2, 0.25) is 0 Å². The fourth-order valence-electron chi connectivity index (χ4n) is 1.56. The zero-order valence-electron chi connectivity index (χ0n) is 8.22. The summed E-state index contributed by atoms with van der Waals surface area (Å²) in [5.74, 6) is 0.909. The molecule has 2 rings (SSSR count). The quantitative estimate of drug-likeness (QED) is 0.894. The van der Waals surface area contributed by atoms with Crippen LogP contribution in [0.3, 0.4) is 0 Å². The highest BCUT2D eigenvalue weighted by Crippen LogP contribution is 2.31. The number of rotatable bonds is 3. The molecule has 1 aliphatic rings. The van der Waals surface area contributed by atoms with E-state index < -0.39 is 0 Å². The van der Waals surface area contributed by atoms with Gasteiger partial charge in [-0.25, -0.2) is 0 Å². The average molecular weight is 256 g/mol. The first-order chi connectivity index (χ1) is 6.79. The Labute approximate surface area is 92.8 Å². The molecule has 0 spiro atoms. The van der Waals surface area contributed by atoms with Crippen LogP contribution in [-0.2, 0) is 0 Å². The Morgan fingerprint density at radius 2 is 2.21 bits per heavy atom. The van der Waals surface area contributed by atoms with Crippen molar-refractivity contribution in [2.24, 2.45) is 0 Å². The lowest BCUT2D eigenvalue weighted by atomic mass is 9.93. The Kier molecular flexibility index (Phi) is 2.96. The van der Waals surface area contributed by atoms with E-state index in [2.05, 4.69) is 27.3 Å². The normalized spacial score (nSPS) is 16.1. The van der Waals surface area contributed by atoms with Gasteiger partial charge in [0.15, 0.2) is 0 Å². The summed E-state index contributed by atoms with van der Waals surface area (Å²) in [5.41, 5.74) is 1.10.